The van der Waals surface area contributed by atoms with Crippen LogP contribution in [0, 0.1) is 29.5 Å². The third kappa shape index (κ3) is 2.99. The molecule has 26 heavy (non-hydrogen) atoms. The lowest BCUT2D eigenvalue weighted by Gasteiger charge is -2.32. The van der Waals surface area contributed by atoms with Gasteiger partial charge in [0.05, 0.1) is 13.2 Å². The van der Waals surface area contributed by atoms with Crippen LogP contribution < -0.4 is 9.64 Å². The fraction of sp³-hybridized carbons (Fsp3) is 0.526. The maximum Gasteiger partial charge on any atom is 0.319 e. The number of esters is 1. The number of rotatable bonds is 4. The summed E-state index contributed by atoms with van der Waals surface area (Å²) >= 11 is 0. The molecule has 6 nitrogen and oxygen atoms in total. The Kier molecular flexibility index (Phi) is 5.09. The SMILES string of the molecule is COC(=O)C1(CCC#N)COc2cc(N3CCB(C#N)CC3)c(C)cc21. The minimum absolute atomic E-state index is 0.134. The average Bonchev–Trinajstić information content (AvgIpc) is 3.03. The van der Waals surface area contributed by atoms with Crippen molar-refractivity contribution in [2.75, 3.05) is 31.7 Å². The molecule has 2 aliphatic heterocycles. The fourth-order valence-corrected chi connectivity index (χ4v) is 3.98. The molecule has 2 heterocycles. The van der Waals surface area contributed by atoms with E-state index in [-0.39, 0.29) is 25.7 Å². The van der Waals surface area contributed by atoms with Crippen LogP contribution in [0.3, 0.4) is 0 Å². The van der Waals surface area contributed by atoms with Crippen LogP contribution in [0.15, 0.2) is 12.1 Å². The number of nitriles is 2. The Morgan fingerprint density at radius 3 is 2.73 bits per heavy atom. The molecule has 0 amide bonds. The third-order valence-electron chi connectivity index (χ3n) is 5.55. The molecule has 1 saturated heterocycles. The summed E-state index contributed by atoms with van der Waals surface area (Å²) in [6.07, 6.45) is 2.38. The molecule has 2 aliphatic rings. The molecule has 0 aromatic heterocycles. The highest BCUT2D eigenvalue weighted by Crippen LogP contribution is 2.45. The standard InChI is InChI=1S/C19H22BN3O3/c1-14-10-15-17(11-16(14)23-8-5-20(13-22)6-9-23)26-12-19(15,4-3-7-21)18(24)25-2/h10-11H,3-6,8-9,12H2,1-2H3. The first-order chi connectivity index (χ1) is 12.6. The van der Waals surface area contributed by atoms with E-state index >= 15 is 0 Å². The van der Waals surface area contributed by atoms with Gasteiger partial charge in [-0.2, -0.15) is 5.26 Å². The molecule has 1 fully saturated rings. The number of carbonyl (C=O) groups excluding carboxylic acids is 1. The zero-order valence-electron chi connectivity index (χ0n) is 15.2. The van der Waals surface area contributed by atoms with Crippen molar-refractivity contribution in [1.82, 2.24) is 0 Å². The van der Waals surface area contributed by atoms with Gasteiger partial charge < -0.3 is 14.4 Å². The van der Waals surface area contributed by atoms with E-state index in [2.05, 4.69) is 16.9 Å². The van der Waals surface area contributed by atoms with Crippen molar-refractivity contribution in [3.8, 4) is 17.8 Å². The highest BCUT2D eigenvalue weighted by atomic mass is 16.5. The molecule has 3 rings (SSSR count). The van der Waals surface area contributed by atoms with Crippen LogP contribution in [-0.2, 0) is 14.9 Å². The van der Waals surface area contributed by atoms with E-state index < -0.39 is 5.41 Å². The molecule has 0 saturated carbocycles. The maximum atomic E-state index is 12.5. The first-order valence-electron chi connectivity index (χ1n) is 8.93. The number of methoxy groups -OCH3 is 1. The molecule has 134 valence electrons. The maximum absolute atomic E-state index is 12.5. The molecule has 0 radical (unpaired) electrons. The predicted molar refractivity (Wildman–Crippen MR) is 98.4 cm³/mol. The van der Waals surface area contributed by atoms with Gasteiger partial charge in [0.15, 0.2) is 0 Å². The van der Waals surface area contributed by atoms with Crippen LogP contribution in [0.4, 0.5) is 5.69 Å². The van der Waals surface area contributed by atoms with Gasteiger partial charge in [0.1, 0.15) is 17.8 Å². The van der Waals surface area contributed by atoms with Gasteiger partial charge >= 0.3 is 5.97 Å². The Morgan fingerprint density at radius 1 is 1.38 bits per heavy atom. The van der Waals surface area contributed by atoms with Crippen molar-refractivity contribution >= 4 is 18.4 Å². The molecular weight excluding hydrogens is 329 g/mol. The Balaban J connectivity index is 1.93. The number of ether oxygens (including phenoxy) is 2. The van der Waals surface area contributed by atoms with Gasteiger partial charge in [-0.3, -0.25) is 4.79 Å². The molecule has 1 aromatic carbocycles. The van der Waals surface area contributed by atoms with Gasteiger partial charge in [0.2, 0.25) is 0 Å². The summed E-state index contributed by atoms with van der Waals surface area (Å²) in [6.45, 7) is 4.05. The lowest BCUT2D eigenvalue weighted by molar-refractivity contribution is -0.148. The van der Waals surface area contributed by atoms with Crippen molar-refractivity contribution in [2.45, 2.75) is 37.8 Å². The van der Waals surface area contributed by atoms with Crippen LogP contribution in [-0.4, -0.2) is 39.5 Å². The average molecular weight is 351 g/mol. The lowest BCUT2D eigenvalue weighted by Crippen LogP contribution is -2.39. The van der Waals surface area contributed by atoms with Crippen LogP contribution >= 0.6 is 0 Å². The summed E-state index contributed by atoms with van der Waals surface area (Å²) in [6, 6.07) is 6.12. The van der Waals surface area contributed by atoms with E-state index in [1.54, 1.807) is 0 Å². The van der Waals surface area contributed by atoms with Gasteiger partial charge in [-0.15, -0.1) is 0 Å². The van der Waals surface area contributed by atoms with Crippen molar-refractivity contribution in [3.63, 3.8) is 0 Å². The van der Waals surface area contributed by atoms with E-state index in [9.17, 15) is 4.79 Å². The number of anilines is 1. The van der Waals surface area contributed by atoms with Gasteiger partial charge in [-0.25, -0.2) is 5.26 Å². The summed E-state index contributed by atoms with van der Waals surface area (Å²) in [7, 11) is 1.37. The van der Waals surface area contributed by atoms with Crippen LogP contribution in [0.5, 0.6) is 5.75 Å². The minimum Gasteiger partial charge on any atom is -0.492 e. The molecule has 7 heteroatoms. The summed E-state index contributed by atoms with van der Waals surface area (Å²) < 4.78 is 10.9. The Hall–Kier alpha value is -2.67. The highest BCUT2D eigenvalue weighted by molar-refractivity contribution is 6.67. The van der Waals surface area contributed by atoms with Gasteiger partial charge in [-0.05, 0) is 37.6 Å². The van der Waals surface area contributed by atoms with E-state index in [1.165, 1.54) is 7.11 Å². The number of benzene rings is 1. The molecule has 1 aromatic rings. The number of aryl methyl sites for hydroxylation is 1. The molecular formula is C19H22BN3O3. The molecule has 0 spiro atoms. The highest BCUT2D eigenvalue weighted by Gasteiger charge is 2.48. The van der Waals surface area contributed by atoms with Gasteiger partial charge in [0, 0.05) is 42.8 Å². The summed E-state index contributed by atoms with van der Waals surface area (Å²) in [5.41, 5.74) is 2.06. The normalized spacial score (nSPS) is 21.4. The van der Waals surface area contributed by atoms with E-state index in [1.807, 2.05) is 19.1 Å². The molecule has 0 N–H and O–H groups in total. The monoisotopic (exact) mass is 351 g/mol. The van der Waals surface area contributed by atoms with Crippen molar-refractivity contribution < 1.29 is 14.3 Å². The first kappa shape index (κ1) is 18.1. The largest absolute Gasteiger partial charge is 0.492 e. The number of hydrogen-bond donors (Lipinski definition) is 0. The fourth-order valence-electron chi connectivity index (χ4n) is 3.98. The molecule has 0 bridgehead atoms. The molecule has 0 aliphatic carbocycles. The van der Waals surface area contributed by atoms with Crippen molar-refractivity contribution in [1.29, 1.82) is 10.5 Å². The van der Waals surface area contributed by atoms with E-state index in [4.69, 9.17) is 20.0 Å². The second-order valence-corrected chi connectivity index (χ2v) is 7.05. The molecule has 1 unspecified atom stereocenters. The van der Waals surface area contributed by atoms with Crippen molar-refractivity contribution in [2.24, 2.45) is 0 Å². The number of hydrogen-bond acceptors (Lipinski definition) is 6. The second-order valence-electron chi connectivity index (χ2n) is 7.05. The van der Waals surface area contributed by atoms with Gasteiger partial charge in [0.25, 0.3) is 6.71 Å². The topological polar surface area (TPSA) is 86.4 Å². The van der Waals surface area contributed by atoms with Crippen LogP contribution in [0.25, 0.3) is 0 Å². The lowest BCUT2D eigenvalue weighted by atomic mass is 9.45. The van der Waals surface area contributed by atoms with Gasteiger partial charge in [-0.1, -0.05) is 0 Å². The Bertz CT molecular complexity index is 790. The number of fused-ring (bicyclic) bond motifs is 1. The number of carbonyl (C=O) groups is 1. The summed E-state index contributed by atoms with van der Waals surface area (Å²) in [4.78, 5) is 14.8. The number of nitrogens with zero attached hydrogens (tertiary/aromatic N) is 3. The summed E-state index contributed by atoms with van der Waals surface area (Å²) in [5.74, 6) is 2.69. The smallest absolute Gasteiger partial charge is 0.319 e. The molecule has 1 atom stereocenters. The predicted octanol–water partition coefficient (Wildman–Crippen LogP) is 2.48. The zero-order chi connectivity index (χ0) is 18.7. The Morgan fingerprint density at radius 2 is 2.12 bits per heavy atom. The van der Waals surface area contributed by atoms with E-state index in [0.29, 0.717) is 12.2 Å². The Labute approximate surface area is 154 Å². The first-order valence-corrected chi connectivity index (χ1v) is 8.93. The second kappa shape index (κ2) is 7.29. The van der Waals surface area contributed by atoms with Crippen LogP contribution in [0.1, 0.15) is 24.0 Å². The third-order valence-corrected chi connectivity index (χ3v) is 5.55. The zero-order valence-corrected chi connectivity index (χ0v) is 15.2. The minimum atomic E-state index is -0.906. The quantitative estimate of drug-likeness (QED) is 0.612. The van der Waals surface area contributed by atoms with Crippen LogP contribution in [0.2, 0.25) is 12.6 Å². The van der Waals surface area contributed by atoms with E-state index in [0.717, 1.165) is 42.5 Å². The summed E-state index contributed by atoms with van der Waals surface area (Å²) in [5, 5.41) is 18.1. The van der Waals surface area contributed by atoms with Crippen molar-refractivity contribution in [3.05, 3.63) is 23.3 Å².